The number of aromatic nitrogens is 3. The average Bonchev–Trinajstić information content (AvgIpc) is 2.76. The van der Waals surface area contributed by atoms with E-state index in [2.05, 4.69) is 9.97 Å². The van der Waals surface area contributed by atoms with Gasteiger partial charge in [-0.05, 0) is 12.1 Å². The summed E-state index contributed by atoms with van der Waals surface area (Å²) in [5.74, 6) is -0.518. The minimum Gasteiger partial charge on any atom is -0.365 e. The Hall–Kier alpha value is -2.14. The number of nitrogens with zero attached hydrogens (tertiary/aromatic N) is 3. The molecule has 3 heterocycles. The molecule has 0 aliphatic heterocycles. The molecule has 6 heteroatoms. The van der Waals surface area contributed by atoms with E-state index in [4.69, 9.17) is 17.3 Å². The van der Waals surface area contributed by atoms with Crippen molar-refractivity contribution in [3.05, 3.63) is 41.4 Å². The van der Waals surface area contributed by atoms with Crippen molar-refractivity contribution in [1.29, 1.82) is 0 Å². The van der Waals surface area contributed by atoms with Crippen LogP contribution in [0.3, 0.4) is 0 Å². The fourth-order valence-corrected chi connectivity index (χ4v) is 2.14. The molecule has 2 N–H and O–H groups in total. The van der Waals surface area contributed by atoms with Crippen molar-refractivity contribution in [1.82, 2.24) is 14.4 Å². The van der Waals surface area contributed by atoms with Crippen LogP contribution in [0.15, 0.2) is 30.7 Å². The van der Waals surface area contributed by atoms with Crippen LogP contribution in [0.25, 0.3) is 16.6 Å². The number of carbonyl (C=O) groups is 1. The van der Waals surface area contributed by atoms with E-state index in [0.29, 0.717) is 21.9 Å². The molecule has 0 aliphatic rings. The van der Waals surface area contributed by atoms with Gasteiger partial charge >= 0.3 is 0 Å². The summed E-state index contributed by atoms with van der Waals surface area (Å²) in [6, 6.07) is 3.45. The number of carbonyl (C=O) groups excluding carboxylic acids is 1. The summed E-state index contributed by atoms with van der Waals surface area (Å²) in [6.07, 6.45) is 4.89. The van der Waals surface area contributed by atoms with Gasteiger partial charge < -0.3 is 5.73 Å². The van der Waals surface area contributed by atoms with Crippen LogP contribution in [-0.2, 0) is 0 Å². The first-order valence-corrected chi connectivity index (χ1v) is 5.26. The van der Waals surface area contributed by atoms with Gasteiger partial charge in [-0.15, -0.1) is 0 Å². The van der Waals surface area contributed by atoms with Gasteiger partial charge in [0, 0.05) is 24.0 Å². The Labute approximate surface area is 101 Å². The first-order chi connectivity index (χ1) is 8.18. The van der Waals surface area contributed by atoms with Gasteiger partial charge in [0.15, 0.2) is 5.15 Å². The van der Waals surface area contributed by atoms with Crippen molar-refractivity contribution in [3.63, 3.8) is 0 Å². The molecule has 84 valence electrons. The SMILES string of the molecule is NC(=O)c1cc2ccnc(Cl)c2n2ccnc12. The third-order valence-corrected chi connectivity index (χ3v) is 2.88. The minimum atomic E-state index is -0.518. The predicted octanol–water partition coefficient (Wildman–Crippen LogP) is 1.63. The maximum atomic E-state index is 11.4. The van der Waals surface area contributed by atoms with Crippen LogP contribution in [0.4, 0.5) is 0 Å². The zero-order valence-electron chi connectivity index (χ0n) is 8.59. The Balaban J connectivity index is 2.61. The number of amides is 1. The van der Waals surface area contributed by atoms with Crippen molar-refractivity contribution in [2.45, 2.75) is 0 Å². The minimum absolute atomic E-state index is 0.363. The van der Waals surface area contributed by atoms with Crippen LogP contribution in [-0.4, -0.2) is 20.3 Å². The maximum absolute atomic E-state index is 11.4. The lowest BCUT2D eigenvalue weighted by Gasteiger charge is -2.06. The van der Waals surface area contributed by atoms with E-state index in [0.717, 1.165) is 5.39 Å². The van der Waals surface area contributed by atoms with E-state index in [1.54, 1.807) is 35.1 Å². The molecule has 0 aromatic carbocycles. The van der Waals surface area contributed by atoms with Crippen molar-refractivity contribution in [3.8, 4) is 0 Å². The normalized spacial score (nSPS) is 11.1. The highest BCUT2D eigenvalue weighted by Gasteiger charge is 2.13. The lowest BCUT2D eigenvalue weighted by Crippen LogP contribution is -2.13. The molecule has 0 saturated carbocycles. The standard InChI is InChI=1S/C11H7ClN4O/c12-9-8-6(1-2-14-9)5-7(10(13)17)11-15-3-4-16(8)11/h1-5H,(H2,13,17). The lowest BCUT2D eigenvalue weighted by atomic mass is 10.2. The molecular weight excluding hydrogens is 240 g/mol. The molecule has 0 radical (unpaired) electrons. The van der Waals surface area contributed by atoms with Crippen molar-refractivity contribution in [2.75, 3.05) is 0 Å². The molecule has 17 heavy (non-hydrogen) atoms. The Morgan fingerprint density at radius 1 is 1.35 bits per heavy atom. The van der Waals surface area contributed by atoms with Gasteiger partial charge in [-0.1, -0.05) is 11.6 Å². The van der Waals surface area contributed by atoms with Crippen molar-refractivity contribution < 1.29 is 4.79 Å². The summed E-state index contributed by atoms with van der Waals surface area (Å²) < 4.78 is 1.71. The van der Waals surface area contributed by atoms with Gasteiger partial charge in [-0.2, -0.15) is 0 Å². The summed E-state index contributed by atoms with van der Waals surface area (Å²) >= 11 is 6.05. The van der Waals surface area contributed by atoms with Gasteiger partial charge in [0.2, 0.25) is 0 Å². The van der Waals surface area contributed by atoms with Crippen molar-refractivity contribution >= 4 is 34.1 Å². The summed E-state index contributed by atoms with van der Waals surface area (Å²) in [4.78, 5) is 19.5. The predicted molar refractivity (Wildman–Crippen MR) is 64.0 cm³/mol. The molecular formula is C11H7ClN4O. The molecule has 0 spiro atoms. The zero-order valence-corrected chi connectivity index (χ0v) is 9.35. The molecule has 1 amide bonds. The van der Waals surface area contributed by atoms with E-state index in [1.165, 1.54) is 0 Å². The number of rotatable bonds is 1. The number of pyridine rings is 2. The number of fused-ring (bicyclic) bond motifs is 3. The molecule has 0 aliphatic carbocycles. The van der Waals surface area contributed by atoms with Gasteiger partial charge in [0.1, 0.15) is 5.65 Å². The molecule has 5 nitrogen and oxygen atoms in total. The van der Waals surface area contributed by atoms with E-state index < -0.39 is 5.91 Å². The van der Waals surface area contributed by atoms with Gasteiger partial charge in [-0.25, -0.2) is 9.97 Å². The topological polar surface area (TPSA) is 73.3 Å². The van der Waals surface area contributed by atoms with Crippen LogP contribution < -0.4 is 5.73 Å². The van der Waals surface area contributed by atoms with Crippen LogP contribution in [0, 0.1) is 0 Å². The molecule has 0 fully saturated rings. The second kappa shape index (κ2) is 3.43. The summed E-state index contributed by atoms with van der Waals surface area (Å²) in [5, 5.41) is 1.16. The maximum Gasteiger partial charge on any atom is 0.252 e. The van der Waals surface area contributed by atoms with E-state index in [9.17, 15) is 4.79 Å². The van der Waals surface area contributed by atoms with E-state index in [1.807, 2.05) is 0 Å². The fraction of sp³-hybridized carbons (Fsp3) is 0. The van der Waals surface area contributed by atoms with Gasteiger partial charge in [0.25, 0.3) is 5.91 Å². The molecule has 0 bridgehead atoms. The third kappa shape index (κ3) is 1.36. The van der Waals surface area contributed by atoms with Crippen LogP contribution in [0.2, 0.25) is 5.15 Å². The monoisotopic (exact) mass is 246 g/mol. The van der Waals surface area contributed by atoms with Crippen molar-refractivity contribution in [2.24, 2.45) is 5.73 Å². The molecule has 3 aromatic rings. The molecule has 0 atom stereocenters. The molecule has 0 unspecified atom stereocenters. The second-order valence-electron chi connectivity index (χ2n) is 3.58. The lowest BCUT2D eigenvalue weighted by molar-refractivity contribution is 0.100. The number of imidazole rings is 1. The smallest absolute Gasteiger partial charge is 0.252 e. The first-order valence-electron chi connectivity index (χ1n) is 4.88. The number of hydrogen-bond acceptors (Lipinski definition) is 3. The largest absolute Gasteiger partial charge is 0.365 e. The van der Waals surface area contributed by atoms with Crippen LogP contribution in [0.1, 0.15) is 10.4 Å². The number of nitrogens with two attached hydrogens (primary N) is 1. The Bertz CT molecular complexity index is 750. The van der Waals surface area contributed by atoms with E-state index in [-0.39, 0.29) is 0 Å². The summed E-state index contributed by atoms with van der Waals surface area (Å²) in [7, 11) is 0. The van der Waals surface area contributed by atoms with Crippen LogP contribution in [0.5, 0.6) is 0 Å². The first kappa shape index (κ1) is 10.0. The fourth-order valence-electron chi connectivity index (χ4n) is 1.88. The third-order valence-electron chi connectivity index (χ3n) is 2.60. The molecule has 3 rings (SSSR count). The summed E-state index contributed by atoms with van der Waals surface area (Å²) in [5.41, 5.74) is 6.89. The highest BCUT2D eigenvalue weighted by atomic mass is 35.5. The Kier molecular flexibility index (Phi) is 2.02. The van der Waals surface area contributed by atoms with Gasteiger partial charge in [0.05, 0.1) is 11.1 Å². The number of primary amides is 1. The highest BCUT2D eigenvalue weighted by Crippen LogP contribution is 2.24. The highest BCUT2D eigenvalue weighted by molar-refractivity contribution is 6.34. The number of hydrogen-bond donors (Lipinski definition) is 1. The number of halogens is 1. The molecule has 0 saturated heterocycles. The Morgan fingerprint density at radius 2 is 2.18 bits per heavy atom. The van der Waals surface area contributed by atoms with Crippen LogP contribution >= 0.6 is 11.6 Å². The van der Waals surface area contributed by atoms with E-state index >= 15 is 0 Å². The summed E-state index contributed by atoms with van der Waals surface area (Å²) in [6.45, 7) is 0. The molecule has 3 aromatic heterocycles. The zero-order chi connectivity index (χ0) is 12.0. The van der Waals surface area contributed by atoms with Gasteiger partial charge in [-0.3, -0.25) is 9.20 Å². The quantitative estimate of drug-likeness (QED) is 0.664. The average molecular weight is 247 g/mol. The second-order valence-corrected chi connectivity index (χ2v) is 3.94. The Morgan fingerprint density at radius 3 is 2.94 bits per heavy atom.